The van der Waals surface area contributed by atoms with Gasteiger partial charge in [-0.15, -0.1) is 11.3 Å². The Morgan fingerprint density at radius 3 is 2.73 bits per heavy atom. The van der Waals surface area contributed by atoms with E-state index in [9.17, 15) is 4.39 Å². The monoisotopic (exact) mass is 222 g/mol. The second-order valence-corrected chi connectivity index (χ2v) is 4.57. The van der Waals surface area contributed by atoms with Crippen LogP contribution in [0, 0.1) is 12.7 Å². The first-order chi connectivity index (χ1) is 7.18. The van der Waals surface area contributed by atoms with Crippen molar-refractivity contribution in [1.29, 1.82) is 0 Å². The van der Waals surface area contributed by atoms with Gasteiger partial charge in [0.1, 0.15) is 10.8 Å². The molecule has 0 radical (unpaired) electrons. The Kier molecular flexibility index (Phi) is 2.79. The molecule has 1 unspecified atom stereocenters. The minimum atomic E-state index is -0.468. The summed E-state index contributed by atoms with van der Waals surface area (Å²) in [4.78, 5) is 5.24. The molecule has 4 heteroatoms. The van der Waals surface area contributed by atoms with E-state index in [2.05, 4.69) is 4.98 Å². The fourth-order valence-electron chi connectivity index (χ4n) is 1.38. The Bertz CT molecular complexity index is 467. The van der Waals surface area contributed by atoms with Crippen LogP contribution in [0.5, 0.6) is 0 Å². The van der Waals surface area contributed by atoms with Gasteiger partial charge in [0.05, 0.1) is 6.04 Å². The van der Waals surface area contributed by atoms with Crippen molar-refractivity contribution in [2.75, 3.05) is 0 Å². The lowest BCUT2D eigenvalue weighted by Gasteiger charge is -2.09. The van der Waals surface area contributed by atoms with E-state index in [-0.39, 0.29) is 5.82 Å². The molecule has 0 spiro atoms. The van der Waals surface area contributed by atoms with Gasteiger partial charge in [0.2, 0.25) is 0 Å². The van der Waals surface area contributed by atoms with Gasteiger partial charge in [-0.05, 0) is 13.0 Å². The van der Waals surface area contributed by atoms with E-state index in [0.29, 0.717) is 5.56 Å². The summed E-state index contributed by atoms with van der Waals surface area (Å²) in [5, 5.41) is 0.748. The second kappa shape index (κ2) is 4.08. The standard InChI is InChI=1S/C11H11FN2S/c1-7-6-14-11(15-7)10(13)8-4-2-3-5-9(8)12/h2-6,10H,13H2,1H3. The molecule has 1 aromatic heterocycles. The van der Waals surface area contributed by atoms with Crippen molar-refractivity contribution in [1.82, 2.24) is 4.98 Å². The molecule has 2 N–H and O–H groups in total. The summed E-state index contributed by atoms with van der Waals surface area (Å²) in [6.45, 7) is 1.95. The van der Waals surface area contributed by atoms with Crippen LogP contribution in [0.2, 0.25) is 0 Å². The number of nitrogens with zero attached hydrogens (tertiary/aromatic N) is 1. The topological polar surface area (TPSA) is 38.9 Å². The molecule has 0 bridgehead atoms. The largest absolute Gasteiger partial charge is 0.318 e. The highest BCUT2D eigenvalue weighted by Gasteiger charge is 2.15. The highest BCUT2D eigenvalue weighted by atomic mass is 32.1. The van der Waals surface area contributed by atoms with E-state index in [1.54, 1.807) is 24.4 Å². The molecular formula is C11H11FN2S. The van der Waals surface area contributed by atoms with Gasteiger partial charge in [0, 0.05) is 16.6 Å². The van der Waals surface area contributed by atoms with Crippen LogP contribution < -0.4 is 5.73 Å². The van der Waals surface area contributed by atoms with E-state index in [1.165, 1.54) is 17.4 Å². The Balaban J connectivity index is 2.36. The third kappa shape index (κ3) is 2.06. The minimum Gasteiger partial charge on any atom is -0.318 e. The van der Waals surface area contributed by atoms with Crippen LogP contribution >= 0.6 is 11.3 Å². The predicted molar refractivity (Wildman–Crippen MR) is 59.3 cm³/mol. The molecule has 1 heterocycles. The van der Waals surface area contributed by atoms with Crippen LogP contribution in [0.15, 0.2) is 30.5 Å². The van der Waals surface area contributed by atoms with Crippen molar-refractivity contribution in [3.8, 4) is 0 Å². The Morgan fingerprint density at radius 1 is 1.40 bits per heavy atom. The van der Waals surface area contributed by atoms with Gasteiger partial charge in [-0.25, -0.2) is 9.37 Å². The normalized spacial score (nSPS) is 12.7. The van der Waals surface area contributed by atoms with Gasteiger partial charge in [-0.2, -0.15) is 0 Å². The zero-order valence-electron chi connectivity index (χ0n) is 8.27. The molecule has 0 saturated carbocycles. The summed E-state index contributed by atoms with van der Waals surface area (Å²) in [6, 6.07) is 6.06. The molecule has 0 aliphatic heterocycles. The minimum absolute atomic E-state index is 0.280. The summed E-state index contributed by atoms with van der Waals surface area (Å²) < 4.78 is 13.4. The van der Waals surface area contributed by atoms with Gasteiger partial charge < -0.3 is 5.73 Å². The average molecular weight is 222 g/mol. The molecule has 2 rings (SSSR count). The van der Waals surface area contributed by atoms with Crippen molar-refractivity contribution in [2.45, 2.75) is 13.0 Å². The summed E-state index contributed by atoms with van der Waals surface area (Å²) in [5.41, 5.74) is 6.43. The molecule has 0 aliphatic rings. The second-order valence-electron chi connectivity index (χ2n) is 3.31. The van der Waals surface area contributed by atoms with Crippen LogP contribution in [-0.4, -0.2) is 4.98 Å². The molecule has 1 atom stereocenters. The van der Waals surface area contributed by atoms with Gasteiger partial charge in [0.25, 0.3) is 0 Å². The summed E-state index contributed by atoms with van der Waals surface area (Å²) in [6.07, 6.45) is 1.75. The average Bonchev–Trinajstić information content (AvgIpc) is 2.65. The lowest BCUT2D eigenvalue weighted by Crippen LogP contribution is -2.13. The number of halogens is 1. The van der Waals surface area contributed by atoms with Crippen LogP contribution in [-0.2, 0) is 0 Å². The van der Waals surface area contributed by atoms with Gasteiger partial charge in [0.15, 0.2) is 0 Å². The Morgan fingerprint density at radius 2 is 2.13 bits per heavy atom. The molecule has 2 aromatic rings. The zero-order chi connectivity index (χ0) is 10.8. The molecule has 78 valence electrons. The smallest absolute Gasteiger partial charge is 0.128 e. The van der Waals surface area contributed by atoms with Gasteiger partial charge in [-0.3, -0.25) is 0 Å². The first kappa shape index (κ1) is 10.3. The number of rotatable bonds is 2. The third-order valence-corrected chi connectivity index (χ3v) is 3.14. The first-order valence-corrected chi connectivity index (χ1v) is 5.42. The molecule has 1 aromatic carbocycles. The maximum absolute atomic E-state index is 13.4. The maximum Gasteiger partial charge on any atom is 0.128 e. The van der Waals surface area contributed by atoms with Crippen molar-refractivity contribution >= 4 is 11.3 Å². The lowest BCUT2D eigenvalue weighted by molar-refractivity contribution is 0.599. The van der Waals surface area contributed by atoms with Crippen LogP contribution in [0.25, 0.3) is 0 Å². The Hall–Kier alpha value is -1.26. The van der Waals surface area contributed by atoms with E-state index in [1.807, 2.05) is 6.92 Å². The van der Waals surface area contributed by atoms with Crippen molar-refractivity contribution < 1.29 is 4.39 Å². The number of nitrogens with two attached hydrogens (primary N) is 1. The SMILES string of the molecule is Cc1cnc(C(N)c2ccccc2F)s1. The van der Waals surface area contributed by atoms with Gasteiger partial charge >= 0.3 is 0 Å². The first-order valence-electron chi connectivity index (χ1n) is 4.61. The lowest BCUT2D eigenvalue weighted by atomic mass is 10.1. The van der Waals surface area contributed by atoms with Crippen LogP contribution in [0.4, 0.5) is 4.39 Å². The van der Waals surface area contributed by atoms with E-state index >= 15 is 0 Å². The summed E-state index contributed by atoms with van der Waals surface area (Å²) >= 11 is 1.50. The summed E-state index contributed by atoms with van der Waals surface area (Å²) in [5.74, 6) is -0.280. The van der Waals surface area contributed by atoms with E-state index in [0.717, 1.165) is 9.88 Å². The predicted octanol–water partition coefficient (Wildman–Crippen LogP) is 2.64. The number of aromatic nitrogens is 1. The fourth-order valence-corrected chi connectivity index (χ4v) is 2.17. The highest BCUT2D eigenvalue weighted by molar-refractivity contribution is 7.11. The highest BCUT2D eigenvalue weighted by Crippen LogP contribution is 2.25. The Labute approximate surface area is 91.6 Å². The fraction of sp³-hybridized carbons (Fsp3) is 0.182. The van der Waals surface area contributed by atoms with Crippen molar-refractivity contribution in [3.05, 3.63) is 51.7 Å². The number of benzene rings is 1. The summed E-state index contributed by atoms with van der Waals surface area (Å²) in [7, 11) is 0. The molecule has 0 saturated heterocycles. The molecule has 0 fully saturated rings. The number of aryl methyl sites for hydroxylation is 1. The molecule has 0 amide bonds. The molecule has 0 aliphatic carbocycles. The zero-order valence-corrected chi connectivity index (χ0v) is 9.09. The molecule has 2 nitrogen and oxygen atoms in total. The quantitative estimate of drug-likeness (QED) is 0.848. The number of hydrogen-bond acceptors (Lipinski definition) is 3. The van der Waals surface area contributed by atoms with E-state index < -0.39 is 6.04 Å². The molecule has 15 heavy (non-hydrogen) atoms. The van der Waals surface area contributed by atoms with Crippen molar-refractivity contribution in [3.63, 3.8) is 0 Å². The number of thiazole rings is 1. The van der Waals surface area contributed by atoms with Crippen LogP contribution in [0.3, 0.4) is 0 Å². The maximum atomic E-state index is 13.4. The van der Waals surface area contributed by atoms with Crippen LogP contribution in [0.1, 0.15) is 21.5 Å². The third-order valence-electron chi connectivity index (χ3n) is 2.15. The van der Waals surface area contributed by atoms with Gasteiger partial charge in [-0.1, -0.05) is 18.2 Å². The van der Waals surface area contributed by atoms with Crippen molar-refractivity contribution in [2.24, 2.45) is 5.73 Å². The molecular weight excluding hydrogens is 211 g/mol. The van der Waals surface area contributed by atoms with E-state index in [4.69, 9.17) is 5.73 Å². The number of hydrogen-bond donors (Lipinski definition) is 1.